The summed E-state index contributed by atoms with van der Waals surface area (Å²) in [4.78, 5) is 8.86. The van der Waals surface area contributed by atoms with E-state index in [1.54, 1.807) is 6.20 Å². The van der Waals surface area contributed by atoms with Gasteiger partial charge in [0, 0.05) is 15.7 Å². The van der Waals surface area contributed by atoms with Crippen LogP contribution in [0.3, 0.4) is 0 Å². The Kier molecular flexibility index (Phi) is 3.48. The molecule has 0 radical (unpaired) electrons. The molecule has 3 nitrogen and oxygen atoms in total. The molecule has 0 N–H and O–H groups in total. The summed E-state index contributed by atoms with van der Waals surface area (Å²) < 4.78 is 2.83. The fourth-order valence-electron chi connectivity index (χ4n) is 1.96. The second-order valence-corrected chi connectivity index (χ2v) is 5.50. The Morgan fingerprint density at radius 1 is 1.26 bits per heavy atom. The standard InChI is InChI=1S/C13H8BrCl2N3/c14-9-4-3-8(16)6-11(9)19-12(7-15)18-10-2-1-5-17-13(10)19/h1-6H,7H2. The molecule has 0 fully saturated rings. The van der Waals surface area contributed by atoms with Crippen molar-refractivity contribution in [3.63, 3.8) is 0 Å². The zero-order chi connectivity index (χ0) is 13.4. The van der Waals surface area contributed by atoms with Gasteiger partial charge in [-0.3, -0.25) is 4.57 Å². The predicted octanol–water partition coefficient (Wildman–Crippen LogP) is 4.58. The van der Waals surface area contributed by atoms with E-state index in [0.717, 1.165) is 27.1 Å². The first-order chi connectivity index (χ1) is 9.20. The molecule has 0 atom stereocenters. The van der Waals surface area contributed by atoms with Crippen molar-refractivity contribution < 1.29 is 0 Å². The maximum atomic E-state index is 6.07. The van der Waals surface area contributed by atoms with Crippen molar-refractivity contribution in [1.82, 2.24) is 14.5 Å². The van der Waals surface area contributed by atoms with E-state index in [4.69, 9.17) is 23.2 Å². The molecular weight excluding hydrogens is 349 g/mol. The third-order valence-electron chi connectivity index (χ3n) is 2.75. The Balaban J connectivity index is 2.37. The zero-order valence-corrected chi connectivity index (χ0v) is 12.7. The average molecular weight is 357 g/mol. The van der Waals surface area contributed by atoms with Gasteiger partial charge in [-0.15, -0.1) is 11.6 Å². The Bertz CT molecular complexity index is 755. The second kappa shape index (κ2) is 5.12. The van der Waals surface area contributed by atoms with Gasteiger partial charge in [-0.05, 0) is 46.3 Å². The molecule has 0 bridgehead atoms. The number of benzene rings is 1. The summed E-state index contributed by atoms with van der Waals surface area (Å²) in [5, 5.41) is 0.650. The van der Waals surface area contributed by atoms with Crippen molar-refractivity contribution in [2.75, 3.05) is 0 Å². The van der Waals surface area contributed by atoms with E-state index < -0.39 is 0 Å². The van der Waals surface area contributed by atoms with E-state index in [1.165, 1.54) is 0 Å². The molecule has 3 aromatic rings. The summed E-state index contributed by atoms with van der Waals surface area (Å²) >= 11 is 15.6. The van der Waals surface area contributed by atoms with Crippen molar-refractivity contribution in [3.8, 4) is 5.69 Å². The third kappa shape index (κ3) is 2.24. The average Bonchev–Trinajstić information content (AvgIpc) is 2.80. The molecule has 1 aromatic carbocycles. The lowest BCUT2D eigenvalue weighted by Crippen LogP contribution is -2.01. The summed E-state index contributed by atoms with van der Waals surface area (Å²) in [7, 11) is 0. The highest BCUT2D eigenvalue weighted by Gasteiger charge is 2.14. The van der Waals surface area contributed by atoms with Gasteiger partial charge in [-0.2, -0.15) is 0 Å². The van der Waals surface area contributed by atoms with Crippen LogP contribution in [0.25, 0.3) is 16.9 Å². The summed E-state index contributed by atoms with van der Waals surface area (Å²) in [5.41, 5.74) is 2.45. The van der Waals surface area contributed by atoms with Crippen molar-refractivity contribution in [1.29, 1.82) is 0 Å². The Labute approximate surface area is 128 Å². The molecule has 2 heterocycles. The number of imidazole rings is 1. The number of hydrogen-bond donors (Lipinski definition) is 0. The van der Waals surface area contributed by atoms with E-state index in [1.807, 2.05) is 34.9 Å². The molecule has 96 valence electrons. The van der Waals surface area contributed by atoms with Gasteiger partial charge < -0.3 is 0 Å². The largest absolute Gasteiger partial charge is 0.278 e. The van der Waals surface area contributed by atoms with Crippen LogP contribution >= 0.6 is 39.1 Å². The number of halogens is 3. The highest BCUT2D eigenvalue weighted by Crippen LogP contribution is 2.29. The molecule has 2 aromatic heterocycles. The second-order valence-electron chi connectivity index (χ2n) is 3.94. The van der Waals surface area contributed by atoms with E-state index in [2.05, 4.69) is 25.9 Å². The molecule has 3 rings (SSSR count). The molecule has 0 saturated heterocycles. The number of hydrogen-bond acceptors (Lipinski definition) is 2. The van der Waals surface area contributed by atoms with Crippen LogP contribution in [0.1, 0.15) is 5.82 Å². The number of aromatic nitrogens is 3. The molecular formula is C13H8BrCl2N3. The van der Waals surface area contributed by atoms with Crippen LogP contribution in [0, 0.1) is 0 Å². The molecule has 0 saturated carbocycles. The van der Waals surface area contributed by atoms with Crippen LogP contribution in [-0.2, 0) is 5.88 Å². The zero-order valence-electron chi connectivity index (χ0n) is 9.65. The molecule has 6 heteroatoms. The maximum absolute atomic E-state index is 6.07. The lowest BCUT2D eigenvalue weighted by Gasteiger charge is -2.09. The minimum atomic E-state index is 0.301. The molecule has 0 unspecified atom stereocenters. The number of alkyl halides is 1. The Morgan fingerprint density at radius 2 is 2.11 bits per heavy atom. The first kappa shape index (κ1) is 12.9. The summed E-state index contributed by atoms with van der Waals surface area (Å²) in [6.07, 6.45) is 1.73. The Hall–Kier alpha value is -1.10. The van der Waals surface area contributed by atoms with Gasteiger partial charge in [0.15, 0.2) is 5.65 Å². The summed E-state index contributed by atoms with van der Waals surface area (Å²) in [6.45, 7) is 0. The van der Waals surface area contributed by atoms with Gasteiger partial charge in [0.1, 0.15) is 11.3 Å². The van der Waals surface area contributed by atoms with Gasteiger partial charge >= 0.3 is 0 Å². The van der Waals surface area contributed by atoms with Gasteiger partial charge in [-0.25, -0.2) is 9.97 Å². The fourth-order valence-corrected chi connectivity index (χ4v) is 2.73. The van der Waals surface area contributed by atoms with E-state index in [9.17, 15) is 0 Å². The third-order valence-corrected chi connectivity index (χ3v) is 3.90. The van der Waals surface area contributed by atoms with E-state index >= 15 is 0 Å². The lowest BCUT2D eigenvalue weighted by atomic mass is 10.3. The predicted molar refractivity (Wildman–Crippen MR) is 81.1 cm³/mol. The van der Waals surface area contributed by atoms with E-state index in [0.29, 0.717) is 10.9 Å². The van der Waals surface area contributed by atoms with Gasteiger partial charge in [0.05, 0.1) is 11.6 Å². The number of nitrogens with zero attached hydrogens (tertiary/aromatic N) is 3. The van der Waals surface area contributed by atoms with Crippen LogP contribution < -0.4 is 0 Å². The van der Waals surface area contributed by atoms with Crippen LogP contribution in [0.5, 0.6) is 0 Å². The van der Waals surface area contributed by atoms with Crippen molar-refractivity contribution >= 4 is 50.3 Å². The van der Waals surface area contributed by atoms with Crippen LogP contribution in [-0.4, -0.2) is 14.5 Å². The van der Waals surface area contributed by atoms with Crippen LogP contribution in [0.4, 0.5) is 0 Å². The number of fused-ring (bicyclic) bond motifs is 1. The van der Waals surface area contributed by atoms with Crippen LogP contribution in [0.15, 0.2) is 41.0 Å². The molecule has 0 aliphatic carbocycles. The summed E-state index contributed by atoms with van der Waals surface area (Å²) in [5.74, 6) is 1.04. The maximum Gasteiger partial charge on any atom is 0.164 e. The SMILES string of the molecule is ClCc1nc2cccnc2n1-c1cc(Cl)ccc1Br. The van der Waals surface area contributed by atoms with E-state index in [-0.39, 0.29) is 0 Å². The minimum absolute atomic E-state index is 0.301. The highest BCUT2D eigenvalue weighted by molar-refractivity contribution is 9.10. The van der Waals surface area contributed by atoms with Gasteiger partial charge in [0.25, 0.3) is 0 Å². The molecule has 0 spiro atoms. The van der Waals surface area contributed by atoms with Gasteiger partial charge in [0.2, 0.25) is 0 Å². The van der Waals surface area contributed by atoms with Crippen molar-refractivity contribution in [2.24, 2.45) is 0 Å². The minimum Gasteiger partial charge on any atom is -0.278 e. The van der Waals surface area contributed by atoms with Crippen LogP contribution in [0.2, 0.25) is 5.02 Å². The monoisotopic (exact) mass is 355 g/mol. The first-order valence-electron chi connectivity index (χ1n) is 5.54. The number of rotatable bonds is 2. The molecule has 0 amide bonds. The number of pyridine rings is 1. The van der Waals surface area contributed by atoms with Crippen molar-refractivity contribution in [2.45, 2.75) is 5.88 Å². The molecule has 19 heavy (non-hydrogen) atoms. The fraction of sp³-hybridized carbons (Fsp3) is 0.0769. The van der Waals surface area contributed by atoms with Gasteiger partial charge in [-0.1, -0.05) is 11.6 Å². The Morgan fingerprint density at radius 3 is 2.89 bits per heavy atom. The highest BCUT2D eigenvalue weighted by atomic mass is 79.9. The lowest BCUT2D eigenvalue weighted by molar-refractivity contribution is 0.965. The van der Waals surface area contributed by atoms with Crippen molar-refractivity contribution in [3.05, 3.63) is 51.8 Å². The first-order valence-corrected chi connectivity index (χ1v) is 7.25. The topological polar surface area (TPSA) is 30.7 Å². The smallest absolute Gasteiger partial charge is 0.164 e. The summed E-state index contributed by atoms with van der Waals surface area (Å²) in [6, 6.07) is 9.34. The normalized spacial score (nSPS) is 11.1. The molecule has 0 aliphatic rings. The quantitative estimate of drug-likeness (QED) is 0.629. The molecule has 0 aliphatic heterocycles.